The van der Waals surface area contributed by atoms with Gasteiger partial charge >= 0.3 is 5.97 Å². The van der Waals surface area contributed by atoms with Crippen molar-refractivity contribution in [2.24, 2.45) is 5.92 Å². The third-order valence-electron chi connectivity index (χ3n) is 4.06. The van der Waals surface area contributed by atoms with Crippen molar-refractivity contribution < 1.29 is 14.3 Å². The summed E-state index contributed by atoms with van der Waals surface area (Å²) >= 11 is 7.11. The monoisotopic (exact) mass is 411 g/mol. The SMILES string of the molecule is CC[C@@H](C)[C@H](NC(=O)CSc1nnc(-c2cccc(Cl)c2)n1N)C(=O)OC. The number of methoxy groups -OCH3 is 1. The van der Waals surface area contributed by atoms with Gasteiger partial charge in [0.15, 0.2) is 5.82 Å². The standard InChI is InChI=1S/C17H22ClN5O3S/c1-4-10(2)14(16(25)26-3)20-13(24)9-27-17-22-21-15(23(17)19)11-6-5-7-12(18)8-11/h5-8,10,14H,4,9,19H2,1-3H3,(H,20,24)/t10-,14+/m1/s1. The van der Waals surface area contributed by atoms with Crippen molar-refractivity contribution in [3.8, 4) is 11.4 Å². The molecule has 1 heterocycles. The normalized spacial score (nSPS) is 13.0. The number of amides is 1. The largest absolute Gasteiger partial charge is 0.467 e. The highest BCUT2D eigenvalue weighted by atomic mass is 35.5. The zero-order chi connectivity index (χ0) is 20.0. The second-order valence-electron chi connectivity index (χ2n) is 5.93. The van der Waals surface area contributed by atoms with Crippen LogP contribution >= 0.6 is 23.4 Å². The van der Waals surface area contributed by atoms with Crippen molar-refractivity contribution in [1.82, 2.24) is 20.2 Å². The van der Waals surface area contributed by atoms with Crippen LogP contribution in [0, 0.1) is 5.92 Å². The first-order valence-corrected chi connectivity index (χ1v) is 9.70. The molecule has 1 amide bonds. The van der Waals surface area contributed by atoms with Gasteiger partial charge in [0.2, 0.25) is 11.1 Å². The molecule has 8 nitrogen and oxygen atoms in total. The fourth-order valence-corrected chi connectivity index (χ4v) is 3.20. The first kappa shape index (κ1) is 21.0. The van der Waals surface area contributed by atoms with Gasteiger partial charge in [-0.05, 0) is 18.1 Å². The van der Waals surface area contributed by atoms with Gasteiger partial charge in [-0.15, -0.1) is 10.2 Å². The minimum atomic E-state index is -0.689. The lowest BCUT2D eigenvalue weighted by Gasteiger charge is -2.21. The van der Waals surface area contributed by atoms with Crippen LogP contribution in [0.5, 0.6) is 0 Å². The molecule has 0 spiro atoms. The minimum absolute atomic E-state index is 0.0365. The number of hydrogen-bond donors (Lipinski definition) is 2. The van der Waals surface area contributed by atoms with Gasteiger partial charge in [-0.3, -0.25) is 4.79 Å². The molecule has 0 aliphatic heterocycles. The van der Waals surface area contributed by atoms with Crippen molar-refractivity contribution in [2.45, 2.75) is 31.5 Å². The molecule has 0 radical (unpaired) electrons. The number of nitrogens with zero attached hydrogens (tertiary/aromatic N) is 3. The maximum atomic E-state index is 12.2. The third kappa shape index (κ3) is 5.36. The third-order valence-corrected chi connectivity index (χ3v) is 5.24. The van der Waals surface area contributed by atoms with E-state index in [1.165, 1.54) is 11.8 Å². The summed E-state index contributed by atoms with van der Waals surface area (Å²) in [7, 11) is 1.30. The fraction of sp³-hybridized carbons (Fsp3) is 0.412. The van der Waals surface area contributed by atoms with Crippen LogP contribution in [0.2, 0.25) is 5.02 Å². The molecule has 0 bridgehead atoms. The Bertz CT molecular complexity index is 814. The van der Waals surface area contributed by atoms with Gasteiger partial charge in [0.1, 0.15) is 6.04 Å². The van der Waals surface area contributed by atoms with Crippen molar-refractivity contribution in [3.05, 3.63) is 29.3 Å². The molecule has 0 aliphatic rings. The van der Waals surface area contributed by atoms with Gasteiger partial charge < -0.3 is 15.9 Å². The van der Waals surface area contributed by atoms with Crippen LogP contribution in [-0.4, -0.2) is 45.7 Å². The number of carbonyl (C=O) groups excluding carboxylic acids is 2. The molecule has 2 rings (SSSR count). The quantitative estimate of drug-likeness (QED) is 0.388. The van der Waals surface area contributed by atoms with E-state index >= 15 is 0 Å². The van der Waals surface area contributed by atoms with E-state index in [0.717, 1.165) is 23.7 Å². The Hall–Kier alpha value is -2.26. The fourth-order valence-electron chi connectivity index (χ4n) is 2.34. The van der Waals surface area contributed by atoms with Gasteiger partial charge in [-0.1, -0.05) is 55.8 Å². The number of hydrogen-bond acceptors (Lipinski definition) is 7. The number of nitrogens with two attached hydrogens (primary N) is 1. The number of nitrogens with one attached hydrogen (secondary N) is 1. The summed E-state index contributed by atoms with van der Waals surface area (Å²) in [6, 6.07) is 6.38. The summed E-state index contributed by atoms with van der Waals surface area (Å²) in [6.45, 7) is 3.82. The molecule has 0 fully saturated rings. The number of carbonyl (C=O) groups is 2. The van der Waals surface area contributed by atoms with Gasteiger partial charge in [0.25, 0.3) is 0 Å². The number of halogens is 1. The Labute approximate surface area is 166 Å². The van der Waals surface area contributed by atoms with E-state index in [-0.39, 0.29) is 17.6 Å². The van der Waals surface area contributed by atoms with Gasteiger partial charge in [0.05, 0.1) is 12.9 Å². The summed E-state index contributed by atoms with van der Waals surface area (Å²) in [5.41, 5.74) is 0.719. The first-order valence-electron chi connectivity index (χ1n) is 8.33. The maximum Gasteiger partial charge on any atom is 0.328 e. The molecule has 0 saturated carbocycles. The number of rotatable bonds is 8. The van der Waals surface area contributed by atoms with Crippen LogP contribution in [0.3, 0.4) is 0 Å². The van der Waals surface area contributed by atoms with Crippen LogP contribution < -0.4 is 11.2 Å². The first-order chi connectivity index (χ1) is 12.9. The Kier molecular flexibility index (Phi) is 7.49. The Balaban J connectivity index is 2.02. The zero-order valence-electron chi connectivity index (χ0n) is 15.3. The van der Waals surface area contributed by atoms with Crippen LogP contribution in [-0.2, 0) is 14.3 Å². The van der Waals surface area contributed by atoms with Crippen molar-refractivity contribution in [3.63, 3.8) is 0 Å². The predicted octanol–water partition coefficient (Wildman–Crippen LogP) is 2.11. The van der Waals surface area contributed by atoms with Crippen molar-refractivity contribution in [2.75, 3.05) is 18.7 Å². The van der Waals surface area contributed by atoms with Gasteiger partial charge in [-0.25, -0.2) is 9.47 Å². The highest BCUT2D eigenvalue weighted by Gasteiger charge is 2.26. The Morgan fingerprint density at radius 1 is 1.41 bits per heavy atom. The smallest absolute Gasteiger partial charge is 0.328 e. The van der Waals surface area contributed by atoms with E-state index in [9.17, 15) is 9.59 Å². The molecule has 0 saturated heterocycles. The number of thioether (sulfide) groups is 1. The number of benzene rings is 1. The lowest BCUT2D eigenvalue weighted by molar-refractivity contribution is -0.146. The highest BCUT2D eigenvalue weighted by molar-refractivity contribution is 7.99. The van der Waals surface area contributed by atoms with Crippen molar-refractivity contribution in [1.29, 1.82) is 0 Å². The average molecular weight is 412 g/mol. The second kappa shape index (κ2) is 9.61. The topological polar surface area (TPSA) is 112 Å². The highest BCUT2D eigenvalue weighted by Crippen LogP contribution is 2.23. The second-order valence-corrected chi connectivity index (χ2v) is 7.31. The number of esters is 1. The number of aromatic nitrogens is 3. The van der Waals surface area contributed by atoms with E-state index < -0.39 is 12.0 Å². The van der Waals surface area contributed by atoms with E-state index in [0.29, 0.717) is 16.0 Å². The summed E-state index contributed by atoms with van der Waals surface area (Å²) in [5.74, 6) is 5.68. The molecule has 10 heteroatoms. The lowest BCUT2D eigenvalue weighted by Crippen LogP contribution is -2.46. The Morgan fingerprint density at radius 3 is 2.78 bits per heavy atom. The summed E-state index contributed by atoms with van der Waals surface area (Å²) in [6.07, 6.45) is 0.729. The van der Waals surface area contributed by atoms with Crippen LogP contribution in [0.25, 0.3) is 11.4 Å². The maximum absolute atomic E-state index is 12.2. The molecule has 0 aliphatic carbocycles. The van der Waals surface area contributed by atoms with Crippen LogP contribution in [0.1, 0.15) is 20.3 Å². The molecule has 3 N–H and O–H groups in total. The Morgan fingerprint density at radius 2 is 2.15 bits per heavy atom. The molecule has 1 aromatic heterocycles. The number of ether oxygens (including phenoxy) is 1. The predicted molar refractivity (Wildman–Crippen MR) is 105 cm³/mol. The zero-order valence-corrected chi connectivity index (χ0v) is 16.9. The summed E-state index contributed by atoms with van der Waals surface area (Å²) < 4.78 is 6.06. The van der Waals surface area contributed by atoms with E-state index in [4.69, 9.17) is 22.2 Å². The molecule has 2 atom stereocenters. The van der Waals surface area contributed by atoms with E-state index in [2.05, 4.69) is 15.5 Å². The molecular weight excluding hydrogens is 390 g/mol. The summed E-state index contributed by atoms with van der Waals surface area (Å²) in [5, 5.41) is 11.7. The van der Waals surface area contributed by atoms with Crippen LogP contribution in [0.15, 0.2) is 29.4 Å². The van der Waals surface area contributed by atoms with E-state index in [1.807, 2.05) is 19.9 Å². The lowest BCUT2D eigenvalue weighted by atomic mass is 9.99. The average Bonchev–Trinajstić information content (AvgIpc) is 3.03. The molecule has 1 aromatic carbocycles. The minimum Gasteiger partial charge on any atom is -0.467 e. The molecule has 0 unspecified atom stereocenters. The molecular formula is C17H22ClN5O3S. The number of nitrogen functional groups attached to an aromatic ring is 1. The van der Waals surface area contributed by atoms with E-state index in [1.54, 1.807) is 18.2 Å². The van der Waals surface area contributed by atoms with Crippen molar-refractivity contribution >= 4 is 35.2 Å². The molecule has 2 aromatic rings. The summed E-state index contributed by atoms with van der Waals surface area (Å²) in [4.78, 5) is 24.1. The molecule has 146 valence electrons. The van der Waals surface area contributed by atoms with Crippen LogP contribution in [0.4, 0.5) is 0 Å². The molecule has 27 heavy (non-hydrogen) atoms. The van der Waals surface area contributed by atoms with Gasteiger partial charge in [-0.2, -0.15) is 0 Å². The van der Waals surface area contributed by atoms with Gasteiger partial charge in [0, 0.05) is 10.6 Å².